The smallest absolute Gasteiger partial charge is 0.345 e. The zero-order valence-electron chi connectivity index (χ0n) is 14.1. The van der Waals surface area contributed by atoms with Crippen molar-refractivity contribution in [1.82, 2.24) is 0 Å². The Morgan fingerprint density at radius 1 is 0.889 bits per heavy atom. The molecule has 0 amide bonds. The Bertz CT molecular complexity index is 911. The highest BCUT2D eigenvalue weighted by molar-refractivity contribution is 6.30. The lowest BCUT2D eigenvalue weighted by Crippen LogP contribution is -2.29. The van der Waals surface area contributed by atoms with Crippen LogP contribution in [0.5, 0.6) is 17.2 Å². The van der Waals surface area contributed by atoms with Gasteiger partial charge in [-0.15, -0.1) is 0 Å². The third kappa shape index (κ3) is 5.39. The van der Waals surface area contributed by atoms with E-state index in [1.54, 1.807) is 42.5 Å². The number of carbonyl (C=O) groups is 1. The molecule has 0 aliphatic heterocycles. The lowest BCUT2D eigenvalue weighted by Gasteiger charge is -2.18. The van der Waals surface area contributed by atoms with E-state index >= 15 is 0 Å². The number of halogens is 2. The monoisotopic (exact) mass is 402 g/mol. The van der Waals surface area contributed by atoms with Gasteiger partial charge in [0.05, 0.1) is 0 Å². The molecule has 0 fully saturated rings. The molecule has 3 rings (SSSR count). The number of hydrogen-bond acceptors (Lipinski definition) is 3. The topological polar surface area (TPSA) is 55.8 Å². The van der Waals surface area contributed by atoms with Gasteiger partial charge in [0.15, 0.2) is 6.10 Å². The average Bonchev–Trinajstić information content (AvgIpc) is 2.66. The van der Waals surface area contributed by atoms with Crippen molar-refractivity contribution in [3.05, 3.63) is 88.4 Å². The Labute approximate surface area is 166 Å². The highest BCUT2D eigenvalue weighted by Crippen LogP contribution is 2.29. The van der Waals surface area contributed by atoms with Gasteiger partial charge in [-0.1, -0.05) is 41.4 Å². The average molecular weight is 403 g/mol. The molecular formula is C21H16Cl2O4. The first-order chi connectivity index (χ1) is 13.0. The molecule has 0 saturated carbocycles. The third-order valence-electron chi connectivity index (χ3n) is 3.77. The summed E-state index contributed by atoms with van der Waals surface area (Å²) < 4.78 is 11.5. The maximum Gasteiger partial charge on any atom is 0.345 e. The number of hydrogen-bond donors (Lipinski definition) is 1. The summed E-state index contributed by atoms with van der Waals surface area (Å²) in [5.74, 6) is 0.498. The Hall–Kier alpha value is -2.69. The van der Waals surface area contributed by atoms with Crippen LogP contribution < -0.4 is 9.47 Å². The third-order valence-corrected chi connectivity index (χ3v) is 4.25. The summed E-state index contributed by atoms with van der Waals surface area (Å²) >= 11 is 12.0. The summed E-state index contributed by atoms with van der Waals surface area (Å²) in [6, 6.07) is 20.8. The van der Waals surface area contributed by atoms with Gasteiger partial charge >= 0.3 is 5.97 Å². The number of carboxylic acids is 1. The van der Waals surface area contributed by atoms with Gasteiger partial charge in [-0.05, 0) is 54.6 Å². The lowest BCUT2D eigenvalue weighted by molar-refractivity contribution is -0.145. The fraction of sp³-hybridized carbons (Fsp3) is 0.0952. The summed E-state index contributed by atoms with van der Waals surface area (Å²) in [6.07, 6.45) is -1.02. The van der Waals surface area contributed by atoms with Crippen LogP contribution in [0.1, 0.15) is 5.56 Å². The van der Waals surface area contributed by atoms with Crippen molar-refractivity contribution < 1.29 is 19.4 Å². The highest BCUT2D eigenvalue weighted by Gasteiger charge is 2.22. The van der Waals surface area contributed by atoms with E-state index in [9.17, 15) is 9.90 Å². The fourth-order valence-electron chi connectivity index (χ4n) is 2.48. The van der Waals surface area contributed by atoms with Crippen LogP contribution in [0.25, 0.3) is 0 Å². The van der Waals surface area contributed by atoms with Crippen LogP contribution in [0, 0.1) is 0 Å². The molecule has 0 heterocycles. The first-order valence-corrected chi connectivity index (χ1v) is 8.93. The van der Waals surface area contributed by atoms with E-state index in [1.807, 2.05) is 30.3 Å². The van der Waals surface area contributed by atoms with Crippen molar-refractivity contribution >= 4 is 29.2 Å². The van der Waals surface area contributed by atoms with E-state index in [-0.39, 0.29) is 6.42 Å². The molecule has 1 unspecified atom stereocenters. The van der Waals surface area contributed by atoms with E-state index in [1.165, 1.54) is 0 Å². The molecule has 0 bridgehead atoms. The van der Waals surface area contributed by atoms with Crippen LogP contribution in [-0.2, 0) is 11.2 Å². The maximum atomic E-state index is 11.7. The van der Waals surface area contributed by atoms with E-state index in [0.717, 1.165) is 0 Å². The zero-order chi connectivity index (χ0) is 19.2. The number of para-hydroxylation sites is 1. The minimum absolute atomic E-state index is 0.0840. The fourth-order valence-corrected chi connectivity index (χ4v) is 2.80. The van der Waals surface area contributed by atoms with Gasteiger partial charge in [0.2, 0.25) is 0 Å². The molecule has 0 aliphatic rings. The summed E-state index contributed by atoms with van der Waals surface area (Å²) in [5.41, 5.74) is 0.632. The molecule has 1 N–H and O–H groups in total. The normalized spacial score (nSPS) is 11.6. The Balaban J connectivity index is 1.83. The van der Waals surface area contributed by atoms with Gasteiger partial charge in [0.25, 0.3) is 0 Å². The van der Waals surface area contributed by atoms with Crippen LogP contribution in [0.2, 0.25) is 10.0 Å². The molecule has 0 aromatic heterocycles. The Kier molecular flexibility index (Phi) is 6.22. The standard InChI is InChI=1S/C21H16Cl2O4/c22-15-6-9-18(10-7-15)27-20(21(24)25)13-14-12-16(23)8-11-19(14)26-17-4-2-1-3-5-17/h1-12,20H,13H2,(H,24,25). The largest absolute Gasteiger partial charge is 0.478 e. The van der Waals surface area contributed by atoms with Crippen molar-refractivity contribution in [2.24, 2.45) is 0 Å². The highest BCUT2D eigenvalue weighted by atomic mass is 35.5. The van der Waals surface area contributed by atoms with E-state index < -0.39 is 12.1 Å². The molecular weight excluding hydrogens is 387 g/mol. The molecule has 3 aromatic rings. The second-order valence-corrected chi connectivity index (χ2v) is 6.64. The van der Waals surface area contributed by atoms with Crippen LogP contribution >= 0.6 is 23.2 Å². The number of ether oxygens (including phenoxy) is 2. The minimum atomic E-state index is -1.11. The molecule has 3 aromatic carbocycles. The van der Waals surface area contributed by atoms with E-state index in [4.69, 9.17) is 32.7 Å². The van der Waals surface area contributed by atoms with Gasteiger partial charge in [-0.25, -0.2) is 4.79 Å². The van der Waals surface area contributed by atoms with Gasteiger partial charge < -0.3 is 14.6 Å². The van der Waals surface area contributed by atoms with Crippen LogP contribution in [-0.4, -0.2) is 17.2 Å². The quantitative estimate of drug-likeness (QED) is 0.537. The minimum Gasteiger partial charge on any atom is -0.478 e. The SMILES string of the molecule is O=C(O)C(Cc1cc(Cl)ccc1Oc1ccccc1)Oc1ccc(Cl)cc1. The predicted octanol–water partition coefficient (Wildman–Crippen LogP) is 5.86. The second-order valence-electron chi connectivity index (χ2n) is 5.77. The van der Waals surface area contributed by atoms with Gasteiger partial charge in [-0.3, -0.25) is 0 Å². The Morgan fingerprint density at radius 3 is 2.22 bits per heavy atom. The van der Waals surface area contributed by atoms with Gasteiger partial charge in [0, 0.05) is 22.0 Å². The van der Waals surface area contributed by atoms with Crippen molar-refractivity contribution in [1.29, 1.82) is 0 Å². The number of rotatable bonds is 7. The lowest BCUT2D eigenvalue weighted by atomic mass is 10.1. The zero-order valence-corrected chi connectivity index (χ0v) is 15.7. The van der Waals surface area contributed by atoms with Crippen LogP contribution in [0.3, 0.4) is 0 Å². The first kappa shape index (κ1) is 19.1. The van der Waals surface area contributed by atoms with Gasteiger partial charge in [0.1, 0.15) is 17.2 Å². The number of aliphatic carboxylic acids is 1. The molecule has 1 atom stereocenters. The number of benzene rings is 3. The van der Waals surface area contributed by atoms with Crippen molar-refractivity contribution in [2.75, 3.05) is 0 Å². The van der Waals surface area contributed by atoms with Crippen LogP contribution in [0.15, 0.2) is 72.8 Å². The summed E-state index contributed by atoms with van der Waals surface area (Å²) in [7, 11) is 0. The van der Waals surface area contributed by atoms with E-state index in [0.29, 0.717) is 32.9 Å². The molecule has 0 saturated heterocycles. The Morgan fingerprint density at radius 2 is 1.56 bits per heavy atom. The summed E-state index contributed by atoms with van der Waals surface area (Å²) in [6.45, 7) is 0. The molecule has 0 radical (unpaired) electrons. The number of carboxylic acid groups (broad SMARTS) is 1. The van der Waals surface area contributed by atoms with Gasteiger partial charge in [-0.2, -0.15) is 0 Å². The molecule has 6 heteroatoms. The predicted molar refractivity (Wildman–Crippen MR) is 105 cm³/mol. The molecule has 138 valence electrons. The molecule has 27 heavy (non-hydrogen) atoms. The first-order valence-electron chi connectivity index (χ1n) is 8.17. The van der Waals surface area contributed by atoms with Crippen LogP contribution in [0.4, 0.5) is 0 Å². The van der Waals surface area contributed by atoms with E-state index in [2.05, 4.69) is 0 Å². The van der Waals surface area contributed by atoms with Crippen molar-refractivity contribution in [2.45, 2.75) is 12.5 Å². The summed E-state index contributed by atoms with van der Waals surface area (Å²) in [4.78, 5) is 11.7. The maximum absolute atomic E-state index is 11.7. The summed E-state index contributed by atoms with van der Waals surface area (Å²) in [5, 5.41) is 10.6. The second kappa shape index (κ2) is 8.80. The molecule has 0 spiro atoms. The van der Waals surface area contributed by atoms with Crippen molar-refractivity contribution in [3.63, 3.8) is 0 Å². The molecule has 4 nitrogen and oxygen atoms in total. The molecule has 0 aliphatic carbocycles. The van der Waals surface area contributed by atoms with Crippen molar-refractivity contribution in [3.8, 4) is 17.2 Å².